The summed E-state index contributed by atoms with van der Waals surface area (Å²) in [6.07, 6.45) is 1.04. The van der Waals surface area contributed by atoms with Gasteiger partial charge in [0.15, 0.2) is 0 Å². The molecule has 0 unspecified atom stereocenters. The van der Waals surface area contributed by atoms with E-state index < -0.39 is 0 Å². The largest absolute Gasteiger partial charge is 0.354 e. The van der Waals surface area contributed by atoms with Gasteiger partial charge in [-0.15, -0.1) is 11.8 Å². The van der Waals surface area contributed by atoms with Crippen LogP contribution in [0.25, 0.3) is 10.9 Å². The smallest absolute Gasteiger partial charge is 0.0727 e. The van der Waals surface area contributed by atoms with Gasteiger partial charge in [0.25, 0.3) is 0 Å². The first-order chi connectivity index (χ1) is 10.3. The molecule has 4 heteroatoms. The number of nitrogens with zero attached hydrogens (tertiary/aromatic N) is 1. The Hall–Kier alpha value is -1.71. The summed E-state index contributed by atoms with van der Waals surface area (Å²) >= 11 is 7.84. The number of hydrogen-bond acceptors (Lipinski definition) is 3. The maximum absolute atomic E-state index is 5.96. The van der Waals surface area contributed by atoms with Crippen LogP contribution in [0.5, 0.6) is 0 Å². The summed E-state index contributed by atoms with van der Waals surface area (Å²) in [6.45, 7) is 0. The quantitative estimate of drug-likeness (QED) is 0.697. The number of rotatable bonds is 2. The Morgan fingerprint density at radius 2 is 1.86 bits per heavy atom. The number of nitrogens with one attached hydrogen (secondary N) is 1. The Labute approximate surface area is 132 Å². The second-order valence-corrected chi connectivity index (χ2v) is 6.55. The molecule has 1 aliphatic rings. The van der Waals surface area contributed by atoms with Crippen molar-refractivity contribution in [3.05, 3.63) is 59.2 Å². The number of anilines is 2. The Balaban J connectivity index is 1.88. The lowest BCUT2D eigenvalue weighted by Crippen LogP contribution is -1.97. The van der Waals surface area contributed by atoms with E-state index in [2.05, 4.69) is 23.5 Å². The number of hydrogen-bond donors (Lipinski definition) is 1. The molecular formula is C17H13ClN2S. The molecule has 0 saturated carbocycles. The van der Waals surface area contributed by atoms with Crippen LogP contribution in [0, 0.1) is 0 Å². The van der Waals surface area contributed by atoms with Gasteiger partial charge in [-0.1, -0.05) is 29.8 Å². The van der Waals surface area contributed by atoms with Crippen molar-refractivity contribution in [3.8, 4) is 0 Å². The summed E-state index contributed by atoms with van der Waals surface area (Å²) in [4.78, 5) is 6.07. The van der Waals surface area contributed by atoms with Gasteiger partial charge < -0.3 is 5.32 Å². The molecule has 1 N–H and O–H groups in total. The van der Waals surface area contributed by atoms with Gasteiger partial charge in [0.2, 0.25) is 0 Å². The Kier molecular flexibility index (Phi) is 3.24. The minimum Gasteiger partial charge on any atom is -0.354 e. The second-order valence-electron chi connectivity index (χ2n) is 5.01. The zero-order valence-corrected chi connectivity index (χ0v) is 12.8. The number of aromatic nitrogens is 1. The van der Waals surface area contributed by atoms with Crippen LogP contribution in [-0.2, 0) is 6.42 Å². The minimum absolute atomic E-state index is 0.750. The van der Waals surface area contributed by atoms with Gasteiger partial charge in [0.1, 0.15) is 0 Å². The van der Waals surface area contributed by atoms with Crippen molar-refractivity contribution in [1.82, 2.24) is 4.98 Å². The first-order valence-electron chi connectivity index (χ1n) is 6.88. The summed E-state index contributed by atoms with van der Waals surface area (Å²) in [7, 11) is 0. The zero-order chi connectivity index (χ0) is 14.2. The molecule has 2 nitrogen and oxygen atoms in total. The standard InChI is InChI=1S/C17H13ClN2S/c18-11-5-7-12(8-6-11)19-16-13-3-1-2-4-14(13)20-15-9-10-21-17(15)16/h1-8H,9-10H2,(H,19,20). The highest BCUT2D eigenvalue weighted by molar-refractivity contribution is 7.99. The van der Waals surface area contributed by atoms with Crippen LogP contribution in [0.2, 0.25) is 5.02 Å². The van der Waals surface area contributed by atoms with Crippen LogP contribution < -0.4 is 5.32 Å². The van der Waals surface area contributed by atoms with E-state index in [1.165, 1.54) is 21.7 Å². The van der Waals surface area contributed by atoms with Crippen molar-refractivity contribution in [3.63, 3.8) is 0 Å². The van der Waals surface area contributed by atoms with Gasteiger partial charge >= 0.3 is 0 Å². The average molecular weight is 313 g/mol. The molecule has 4 rings (SSSR count). The SMILES string of the molecule is Clc1ccc(Nc2c3c(nc4ccccc24)CCS3)cc1. The van der Waals surface area contributed by atoms with E-state index in [0.29, 0.717) is 0 Å². The third-order valence-electron chi connectivity index (χ3n) is 3.62. The van der Waals surface area contributed by atoms with E-state index in [4.69, 9.17) is 16.6 Å². The number of aryl methyl sites for hydroxylation is 1. The molecule has 3 aromatic rings. The number of thioether (sulfide) groups is 1. The molecule has 0 bridgehead atoms. The Morgan fingerprint density at radius 3 is 2.71 bits per heavy atom. The molecule has 104 valence electrons. The van der Waals surface area contributed by atoms with E-state index in [1.807, 2.05) is 42.1 Å². The molecule has 21 heavy (non-hydrogen) atoms. The van der Waals surface area contributed by atoms with E-state index in [1.54, 1.807) is 0 Å². The molecule has 0 spiro atoms. The normalized spacial score (nSPS) is 13.4. The van der Waals surface area contributed by atoms with Gasteiger partial charge in [0.05, 0.1) is 21.8 Å². The summed E-state index contributed by atoms with van der Waals surface area (Å²) in [5, 5.41) is 5.47. The molecule has 1 aromatic heterocycles. The minimum atomic E-state index is 0.750. The maximum Gasteiger partial charge on any atom is 0.0727 e. The van der Waals surface area contributed by atoms with Crippen molar-refractivity contribution >= 4 is 45.6 Å². The summed E-state index contributed by atoms with van der Waals surface area (Å²) in [6, 6.07) is 16.1. The molecular weight excluding hydrogens is 300 g/mol. The fourth-order valence-electron chi connectivity index (χ4n) is 2.62. The molecule has 0 aliphatic carbocycles. The average Bonchev–Trinajstić information content (AvgIpc) is 2.97. The fourth-order valence-corrected chi connectivity index (χ4v) is 3.87. The van der Waals surface area contributed by atoms with Gasteiger partial charge in [-0.25, -0.2) is 0 Å². The van der Waals surface area contributed by atoms with Gasteiger partial charge in [-0.2, -0.15) is 0 Å². The third kappa shape index (κ3) is 2.37. The first-order valence-corrected chi connectivity index (χ1v) is 8.24. The van der Waals surface area contributed by atoms with E-state index in [-0.39, 0.29) is 0 Å². The van der Waals surface area contributed by atoms with Crippen LogP contribution in [0.3, 0.4) is 0 Å². The molecule has 0 saturated heterocycles. The molecule has 0 amide bonds. The zero-order valence-electron chi connectivity index (χ0n) is 11.3. The van der Waals surface area contributed by atoms with Crippen LogP contribution in [0.15, 0.2) is 53.4 Å². The molecule has 0 atom stereocenters. The Morgan fingerprint density at radius 1 is 1.05 bits per heavy atom. The maximum atomic E-state index is 5.96. The second kappa shape index (κ2) is 5.24. The van der Waals surface area contributed by atoms with E-state index in [9.17, 15) is 0 Å². The van der Waals surface area contributed by atoms with Crippen LogP contribution in [-0.4, -0.2) is 10.7 Å². The number of para-hydroxylation sites is 1. The molecule has 2 heterocycles. The van der Waals surface area contributed by atoms with Crippen molar-refractivity contribution in [1.29, 1.82) is 0 Å². The van der Waals surface area contributed by atoms with E-state index >= 15 is 0 Å². The highest BCUT2D eigenvalue weighted by Crippen LogP contribution is 2.41. The number of benzene rings is 2. The number of halogens is 1. The lowest BCUT2D eigenvalue weighted by atomic mass is 10.1. The Bertz CT molecular complexity index is 815. The van der Waals surface area contributed by atoms with Crippen molar-refractivity contribution in [2.24, 2.45) is 0 Å². The van der Waals surface area contributed by atoms with Gasteiger partial charge in [0, 0.05) is 28.3 Å². The van der Waals surface area contributed by atoms with Crippen molar-refractivity contribution in [2.45, 2.75) is 11.3 Å². The third-order valence-corrected chi connectivity index (χ3v) is 5.01. The van der Waals surface area contributed by atoms with Crippen molar-refractivity contribution in [2.75, 3.05) is 11.1 Å². The predicted molar refractivity (Wildman–Crippen MR) is 90.9 cm³/mol. The molecule has 2 aromatic carbocycles. The molecule has 1 aliphatic heterocycles. The first kappa shape index (κ1) is 13.0. The monoisotopic (exact) mass is 312 g/mol. The fraction of sp³-hybridized carbons (Fsp3) is 0.118. The lowest BCUT2D eigenvalue weighted by Gasteiger charge is -2.14. The number of pyridine rings is 1. The topological polar surface area (TPSA) is 24.9 Å². The highest BCUT2D eigenvalue weighted by Gasteiger charge is 2.20. The van der Waals surface area contributed by atoms with Crippen molar-refractivity contribution < 1.29 is 0 Å². The number of fused-ring (bicyclic) bond motifs is 2. The van der Waals surface area contributed by atoms with Crippen LogP contribution in [0.1, 0.15) is 5.69 Å². The highest BCUT2D eigenvalue weighted by atomic mass is 35.5. The summed E-state index contributed by atoms with van der Waals surface area (Å²) in [5.41, 5.74) is 4.47. The summed E-state index contributed by atoms with van der Waals surface area (Å²) in [5.74, 6) is 1.11. The van der Waals surface area contributed by atoms with E-state index in [0.717, 1.165) is 28.4 Å². The summed E-state index contributed by atoms with van der Waals surface area (Å²) < 4.78 is 0. The van der Waals surface area contributed by atoms with Gasteiger partial charge in [-0.05, 0) is 30.3 Å². The van der Waals surface area contributed by atoms with Crippen LogP contribution >= 0.6 is 23.4 Å². The molecule has 0 radical (unpaired) electrons. The van der Waals surface area contributed by atoms with Gasteiger partial charge in [-0.3, -0.25) is 4.98 Å². The van der Waals surface area contributed by atoms with Crippen LogP contribution in [0.4, 0.5) is 11.4 Å². The lowest BCUT2D eigenvalue weighted by molar-refractivity contribution is 1.05. The molecule has 0 fully saturated rings. The predicted octanol–water partition coefficient (Wildman–Crippen LogP) is 5.28.